The molecule has 0 N–H and O–H groups in total. The van der Waals surface area contributed by atoms with Crippen molar-refractivity contribution < 1.29 is 9.90 Å². The third kappa shape index (κ3) is 2.61. The maximum Gasteiger partial charge on any atom is 0.0724 e. The zero-order chi connectivity index (χ0) is 9.68. The molecule has 0 amide bonds. The molecule has 13 heavy (non-hydrogen) atoms. The van der Waals surface area contributed by atoms with Gasteiger partial charge in [-0.2, -0.15) is 0 Å². The normalized spacial score (nSPS) is 12.7. The molecule has 0 aliphatic heterocycles. The van der Waals surface area contributed by atoms with E-state index in [1.54, 1.807) is 17.0 Å². The summed E-state index contributed by atoms with van der Waals surface area (Å²) in [5.74, 6) is -0.996. The summed E-state index contributed by atoms with van der Waals surface area (Å²) in [5.41, 5.74) is 0. The number of carboxylic acids is 1. The van der Waals surface area contributed by atoms with E-state index < -0.39 is 12.0 Å². The van der Waals surface area contributed by atoms with Crippen LogP contribution in [0.2, 0.25) is 0 Å². The van der Waals surface area contributed by atoms with Crippen LogP contribution in [0, 0.1) is 0 Å². The number of carboxylic acid groups (broad SMARTS) is 1. The molecule has 1 aromatic rings. The SMILES string of the molecule is CCCC[C@@H](C(=O)[O-])n1cccc1. The maximum absolute atomic E-state index is 10.8. The largest absolute Gasteiger partial charge is 0.548 e. The van der Waals surface area contributed by atoms with Crippen molar-refractivity contribution in [3.8, 4) is 0 Å². The van der Waals surface area contributed by atoms with Crippen molar-refractivity contribution in [1.82, 2.24) is 4.57 Å². The van der Waals surface area contributed by atoms with Gasteiger partial charge >= 0.3 is 0 Å². The summed E-state index contributed by atoms with van der Waals surface area (Å²) in [6.45, 7) is 2.04. The molecule has 0 unspecified atom stereocenters. The smallest absolute Gasteiger partial charge is 0.0724 e. The molecule has 3 heteroatoms. The lowest BCUT2D eigenvalue weighted by molar-refractivity contribution is -0.310. The molecular weight excluding hydrogens is 166 g/mol. The lowest BCUT2D eigenvalue weighted by Crippen LogP contribution is -2.32. The van der Waals surface area contributed by atoms with Gasteiger partial charge in [0.1, 0.15) is 0 Å². The van der Waals surface area contributed by atoms with Gasteiger partial charge in [0.25, 0.3) is 0 Å². The number of carbonyl (C=O) groups excluding carboxylic acids is 1. The Morgan fingerprint density at radius 3 is 2.54 bits per heavy atom. The minimum Gasteiger partial charge on any atom is -0.548 e. The molecule has 1 heterocycles. The fraction of sp³-hybridized carbons (Fsp3) is 0.500. The van der Waals surface area contributed by atoms with Crippen LogP contribution in [0.25, 0.3) is 0 Å². The average molecular weight is 180 g/mol. The summed E-state index contributed by atoms with van der Waals surface area (Å²) in [7, 11) is 0. The number of unbranched alkanes of at least 4 members (excludes halogenated alkanes) is 1. The minimum atomic E-state index is -0.996. The Hall–Kier alpha value is -1.25. The number of nitrogens with zero attached hydrogens (tertiary/aromatic N) is 1. The van der Waals surface area contributed by atoms with Crippen molar-refractivity contribution in [2.75, 3.05) is 0 Å². The van der Waals surface area contributed by atoms with Crippen LogP contribution in [0.1, 0.15) is 32.2 Å². The first-order valence-electron chi connectivity index (χ1n) is 4.59. The second kappa shape index (κ2) is 4.70. The average Bonchev–Trinajstić information content (AvgIpc) is 2.57. The van der Waals surface area contributed by atoms with Crippen LogP contribution >= 0.6 is 0 Å². The number of aromatic nitrogens is 1. The van der Waals surface area contributed by atoms with E-state index in [0.29, 0.717) is 6.42 Å². The number of hydrogen-bond acceptors (Lipinski definition) is 2. The quantitative estimate of drug-likeness (QED) is 0.677. The van der Waals surface area contributed by atoms with Gasteiger partial charge in [0.15, 0.2) is 0 Å². The zero-order valence-corrected chi connectivity index (χ0v) is 7.77. The van der Waals surface area contributed by atoms with Crippen LogP contribution in [0.15, 0.2) is 24.5 Å². The predicted octanol–water partition coefficient (Wildman–Crippen LogP) is 0.969. The molecule has 0 radical (unpaired) electrons. The molecule has 0 spiro atoms. The molecule has 0 bridgehead atoms. The monoisotopic (exact) mass is 180 g/mol. The Morgan fingerprint density at radius 1 is 1.46 bits per heavy atom. The Balaban J connectivity index is 2.63. The lowest BCUT2D eigenvalue weighted by Gasteiger charge is -2.19. The van der Waals surface area contributed by atoms with Crippen LogP contribution in [0.4, 0.5) is 0 Å². The number of carbonyl (C=O) groups is 1. The highest BCUT2D eigenvalue weighted by atomic mass is 16.4. The zero-order valence-electron chi connectivity index (χ0n) is 7.77. The second-order valence-electron chi connectivity index (χ2n) is 3.11. The van der Waals surface area contributed by atoms with E-state index in [4.69, 9.17) is 0 Å². The minimum absolute atomic E-state index is 0.505. The van der Waals surface area contributed by atoms with E-state index in [-0.39, 0.29) is 0 Å². The van der Waals surface area contributed by atoms with Crippen LogP contribution in [-0.2, 0) is 4.79 Å². The van der Waals surface area contributed by atoms with E-state index in [1.165, 1.54) is 0 Å². The standard InChI is InChI=1S/C10H15NO2/c1-2-3-6-9(10(12)13)11-7-4-5-8-11/h4-5,7-9H,2-3,6H2,1H3,(H,12,13)/p-1/t9-/m0/s1. The van der Waals surface area contributed by atoms with Gasteiger partial charge in [0.05, 0.1) is 12.0 Å². The van der Waals surface area contributed by atoms with Gasteiger partial charge in [-0.05, 0) is 18.6 Å². The van der Waals surface area contributed by atoms with Gasteiger partial charge in [-0.1, -0.05) is 19.8 Å². The highest BCUT2D eigenvalue weighted by molar-refractivity contribution is 5.69. The first-order chi connectivity index (χ1) is 6.25. The molecule has 1 atom stereocenters. The number of hydrogen-bond donors (Lipinski definition) is 0. The molecule has 0 aromatic carbocycles. The molecule has 0 aliphatic carbocycles. The topological polar surface area (TPSA) is 45.1 Å². The lowest BCUT2D eigenvalue weighted by atomic mass is 10.1. The molecule has 1 aromatic heterocycles. The first kappa shape index (κ1) is 9.84. The summed E-state index contributed by atoms with van der Waals surface area (Å²) in [6.07, 6.45) is 6.08. The third-order valence-electron chi connectivity index (χ3n) is 2.09. The molecular formula is C10H14NO2-. The van der Waals surface area contributed by atoms with Crippen molar-refractivity contribution in [2.24, 2.45) is 0 Å². The summed E-state index contributed by atoms with van der Waals surface area (Å²) in [5, 5.41) is 10.8. The summed E-state index contributed by atoms with van der Waals surface area (Å²) in [6, 6.07) is 3.14. The van der Waals surface area contributed by atoms with Crippen LogP contribution in [0.5, 0.6) is 0 Å². The third-order valence-corrected chi connectivity index (χ3v) is 2.09. The highest BCUT2D eigenvalue weighted by Crippen LogP contribution is 2.14. The van der Waals surface area contributed by atoms with E-state index >= 15 is 0 Å². The van der Waals surface area contributed by atoms with E-state index in [9.17, 15) is 9.90 Å². The van der Waals surface area contributed by atoms with Gasteiger partial charge in [-0.25, -0.2) is 0 Å². The summed E-state index contributed by atoms with van der Waals surface area (Å²) in [4.78, 5) is 10.8. The van der Waals surface area contributed by atoms with Crippen LogP contribution < -0.4 is 5.11 Å². The number of rotatable bonds is 5. The Kier molecular flexibility index (Phi) is 3.55. The van der Waals surface area contributed by atoms with Crippen LogP contribution in [0.3, 0.4) is 0 Å². The molecule has 1 rings (SSSR count). The first-order valence-corrected chi connectivity index (χ1v) is 4.59. The molecule has 72 valence electrons. The van der Waals surface area contributed by atoms with Crippen molar-refractivity contribution >= 4 is 5.97 Å². The van der Waals surface area contributed by atoms with Crippen molar-refractivity contribution in [2.45, 2.75) is 32.2 Å². The predicted molar refractivity (Wildman–Crippen MR) is 48.0 cm³/mol. The summed E-state index contributed by atoms with van der Waals surface area (Å²) >= 11 is 0. The van der Waals surface area contributed by atoms with Crippen molar-refractivity contribution in [1.29, 1.82) is 0 Å². The second-order valence-corrected chi connectivity index (χ2v) is 3.11. The van der Waals surface area contributed by atoms with Crippen LogP contribution in [-0.4, -0.2) is 10.5 Å². The van der Waals surface area contributed by atoms with E-state index in [1.807, 2.05) is 19.1 Å². The Bertz CT molecular complexity index is 254. The fourth-order valence-electron chi connectivity index (χ4n) is 1.34. The number of aliphatic carboxylic acids is 1. The van der Waals surface area contributed by atoms with Crippen molar-refractivity contribution in [3.63, 3.8) is 0 Å². The molecule has 3 nitrogen and oxygen atoms in total. The highest BCUT2D eigenvalue weighted by Gasteiger charge is 2.09. The van der Waals surface area contributed by atoms with Gasteiger partial charge in [-0.15, -0.1) is 0 Å². The Morgan fingerprint density at radius 2 is 2.08 bits per heavy atom. The Labute approximate surface area is 78.0 Å². The molecule has 0 saturated carbocycles. The molecule has 0 aliphatic rings. The maximum atomic E-state index is 10.8. The van der Waals surface area contributed by atoms with E-state index in [0.717, 1.165) is 12.8 Å². The van der Waals surface area contributed by atoms with Gasteiger partial charge in [0, 0.05) is 12.4 Å². The fourth-order valence-corrected chi connectivity index (χ4v) is 1.34. The van der Waals surface area contributed by atoms with Gasteiger partial charge in [0.2, 0.25) is 0 Å². The summed E-state index contributed by atoms with van der Waals surface area (Å²) < 4.78 is 1.69. The van der Waals surface area contributed by atoms with Gasteiger partial charge < -0.3 is 14.5 Å². The van der Waals surface area contributed by atoms with E-state index in [2.05, 4.69) is 0 Å². The van der Waals surface area contributed by atoms with Crippen molar-refractivity contribution in [3.05, 3.63) is 24.5 Å². The molecule has 0 fully saturated rings. The molecule has 0 saturated heterocycles. The van der Waals surface area contributed by atoms with Gasteiger partial charge in [-0.3, -0.25) is 0 Å².